The van der Waals surface area contributed by atoms with Crippen molar-refractivity contribution in [2.75, 3.05) is 30.8 Å². The van der Waals surface area contributed by atoms with Crippen LogP contribution in [0.25, 0.3) is 0 Å². The van der Waals surface area contributed by atoms with Crippen molar-refractivity contribution in [2.45, 2.75) is 26.2 Å². The number of benzene rings is 1. The molecule has 0 bridgehead atoms. The van der Waals surface area contributed by atoms with E-state index in [2.05, 4.69) is 12.2 Å². The van der Waals surface area contributed by atoms with Gasteiger partial charge in [0.2, 0.25) is 0 Å². The number of halogens is 1. The van der Waals surface area contributed by atoms with Crippen LogP contribution in [0.2, 0.25) is 0 Å². The van der Waals surface area contributed by atoms with Gasteiger partial charge in [-0.1, -0.05) is 19.4 Å². The topological polar surface area (TPSA) is 47.3 Å². The molecule has 0 aromatic heterocycles. The summed E-state index contributed by atoms with van der Waals surface area (Å²) >= 11 is 0. The fraction of sp³-hybridized carbons (Fsp3) is 0.538. The average molecular weight is 240 g/mol. The van der Waals surface area contributed by atoms with Gasteiger partial charge in [-0.15, -0.1) is 0 Å². The number of nitrogen functional groups attached to an aromatic ring is 1. The van der Waals surface area contributed by atoms with Crippen molar-refractivity contribution in [3.05, 3.63) is 24.0 Å². The van der Waals surface area contributed by atoms with Gasteiger partial charge in [0.1, 0.15) is 5.82 Å². The molecule has 17 heavy (non-hydrogen) atoms. The molecule has 4 heteroatoms. The molecule has 1 rings (SSSR count). The van der Waals surface area contributed by atoms with Crippen LogP contribution in [0.5, 0.6) is 0 Å². The zero-order valence-electron chi connectivity index (χ0n) is 10.3. The summed E-state index contributed by atoms with van der Waals surface area (Å²) in [6, 6.07) is 4.77. The van der Waals surface area contributed by atoms with Gasteiger partial charge in [0.25, 0.3) is 0 Å². The summed E-state index contributed by atoms with van der Waals surface area (Å²) in [5.41, 5.74) is 6.43. The number of unbranched alkanes of at least 4 members (excludes halogenated alkanes) is 1. The largest absolute Gasteiger partial charge is 0.395 e. The molecule has 0 spiro atoms. The van der Waals surface area contributed by atoms with E-state index >= 15 is 0 Å². The fourth-order valence-corrected chi connectivity index (χ4v) is 1.44. The third-order valence-electron chi connectivity index (χ3n) is 2.48. The summed E-state index contributed by atoms with van der Waals surface area (Å²) < 4.78 is 18.5. The summed E-state index contributed by atoms with van der Waals surface area (Å²) in [7, 11) is 0. The van der Waals surface area contributed by atoms with Gasteiger partial charge in [-0.2, -0.15) is 0 Å². The first-order chi connectivity index (χ1) is 8.25. The molecule has 1 aromatic rings. The van der Waals surface area contributed by atoms with E-state index in [4.69, 9.17) is 10.5 Å². The van der Waals surface area contributed by atoms with Crippen molar-refractivity contribution in [1.29, 1.82) is 0 Å². The molecule has 0 aliphatic carbocycles. The maximum atomic E-state index is 13.1. The highest BCUT2D eigenvalue weighted by molar-refractivity contribution is 5.66. The SMILES string of the molecule is CCCCOCCCNc1cccc(F)c1N. The highest BCUT2D eigenvalue weighted by Gasteiger charge is 2.02. The van der Waals surface area contributed by atoms with Crippen LogP contribution in [-0.2, 0) is 4.74 Å². The Balaban J connectivity index is 2.16. The third-order valence-corrected chi connectivity index (χ3v) is 2.48. The van der Waals surface area contributed by atoms with Crippen LogP contribution in [0.4, 0.5) is 15.8 Å². The van der Waals surface area contributed by atoms with Crippen LogP contribution in [0, 0.1) is 5.82 Å². The van der Waals surface area contributed by atoms with Gasteiger partial charge in [0.05, 0.1) is 11.4 Å². The lowest BCUT2D eigenvalue weighted by Gasteiger charge is -2.09. The van der Waals surface area contributed by atoms with Crippen molar-refractivity contribution in [2.24, 2.45) is 0 Å². The Labute approximate surface area is 102 Å². The molecular weight excluding hydrogens is 219 g/mol. The van der Waals surface area contributed by atoms with E-state index in [9.17, 15) is 4.39 Å². The molecule has 1 aromatic carbocycles. The zero-order chi connectivity index (χ0) is 12.5. The van der Waals surface area contributed by atoms with E-state index in [-0.39, 0.29) is 11.5 Å². The van der Waals surface area contributed by atoms with Gasteiger partial charge < -0.3 is 15.8 Å². The summed E-state index contributed by atoms with van der Waals surface area (Å²) in [5.74, 6) is -0.380. The van der Waals surface area contributed by atoms with Crippen LogP contribution >= 0.6 is 0 Å². The normalized spacial score (nSPS) is 10.5. The first kappa shape index (κ1) is 13.8. The van der Waals surface area contributed by atoms with E-state index in [1.54, 1.807) is 12.1 Å². The second-order valence-electron chi connectivity index (χ2n) is 3.95. The number of anilines is 2. The van der Waals surface area contributed by atoms with E-state index in [0.717, 1.165) is 39.0 Å². The lowest BCUT2D eigenvalue weighted by atomic mass is 10.2. The van der Waals surface area contributed by atoms with Gasteiger partial charge in [-0.3, -0.25) is 0 Å². The first-order valence-electron chi connectivity index (χ1n) is 6.11. The van der Waals surface area contributed by atoms with Gasteiger partial charge in [-0.25, -0.2) is 4.39 Å². The van der Waals surface area contributed by atoms with Crippen molar-refractivity contribution in [3.63, 3.8) is 0 Å². The highest BCUT2D eigenvalue weighted by Crippen LogP contribution is 2.20. The molecule has 0 atom stereocenters. The molecule has 0 amide bonds. The number of ether oxygens (including phenoxy) is 1. The molecule has 0 fully saturated rings. The monoisotopic (exact) mass is 240 g/mol. The van der Waals surface area contributed by atoms with Gasteiger partial charge in [-0.05, 0) is 25.0 Å². The molecular formula is C13H21FN2O. The van der Waals surface area contributed by atoms with Crippen LogP contribution in [-0.4, -0.2) is 19.8 Å². The molecule has 0 unspecified atom stereocenters. The standard InChI is InChI=1S/C13H21FN2O/c1-2-3-9-17-10-5-8-16-12-7-4-6-11(14)13(12)15/h4,6-7,16H,2-3,5,8-10,15H2,1H3. The predicted molar refractivity (Wildman–Crippen MR) is 69.6 cm³/mol. The lowest BCUT2D eigenvalue weighted by molar-refractivity contribution is 0.131. The van der Waals surface area contributed by atoms with Gasteiger partial charge >= 0.3 is 0 Å². The first-order valence-corrected chi connectivity index (χ1v) is 6.11. The second kappa shape index (κ2) is 7.90. The van der Waals surface area contributed by atoms with Crippen LogP contribution in [0.3, 0.4) is 0 Å². The maximum absolute atomic E-state index is 13.1. The number of hydrogen-bond acceptors (Lipinski definition) is 3. The molecule has 0 saturated carbocycles. The highest BCUT2D eigenvalue weighted by atomic mass is 19.1. The van der Waals surface area contributed by atoms with E-state index in [1.807, 2.05) is 0 Å². The summed E-state index contributed by atoms with van der Waals surface area (Å²) in [4.78, 5) is 0. The van der Waals surface area contributed by atoms with E-state index in [0.29, 0.717) is 5.69 Å². The molecule has 0 aliphatic heterocycles. The molecule has 0 aliphatic rings. The molecule has 0 heterocycles. The number of para-hydroxylation sites is 1. The Hall–Kier alpha value is -1.29. The smallest absolute Gasteiger partial charge is 0.148 e. The summed E-state index contributed by atoms with van der Waals surface area (Å²) in [5, 5.41) is 3.10. The van der Waals surface area contributed by atoms with Crippen molar-refractivity contribution >= 4 is 11.4 Å². The summed E-state index contributed by atoms with van der Waals surface area (Å²) in [6.45, 7) is 4.41. The third kappa shape index (κ3) is 5.04. The minimum absolute atomic E-state index is 0.180. The van der Waals surface area contributed by atoms with Gasteiger partial charge in [0.15, 0.2) is 0 Å². The predicted octanol–water partition coefficient (Wildman–Crippen LogP) is 3.03. The molecule has 0 radical (unpaired) electrons. The summed E-state index contributed by atoms with van der Waals surface area (Å²) in [6.07, 6.45) is 3.14. The second-order valence-corrected chi connectivity index (χ2v) is 3.95. The number of nitrogens with one attached hydrogen (secondary N) is 1. The molecule has 0 saturated heterocycles. The number of hydrogen-bond donors (Lipinski definition) is 2. The minimum atomic E-state index is -0.380. The molecule has 3 nitrogen and oxygen atoms in total. The van der Waals surface area contributed by atoms with Crippen LogP contribution in [0.15, 0.2) is 18.2 Å². The van der Waals surface area contributed by atoms with E-state index in [1.165, 1.54) is 6.07 Å². The maximum Gasteiger partial charge on any atom is 0.148 e. The van der Waals surface area contributed by atoms with Crippen molar-refractivity contribution < 1.29 is 9.13 Å². The Morgan fingerprint density at radius 1 is 1.29 bits per heavy atom. The van der Waals surface area contributed by atoms with Crippen LogP contribution in [0.1, 0.15) is 26.2 Å². The van der Waals surface area contributed by atoms with Crippen molar-refractivity contribution in [1.82, 2.24) is 0 Å². The zero-order valence-corrected chi connectivity index (χ0v) is 10.3. The molecule has 3 N–H and O–H groups in total. The Morgan fingerprint density at radius 3 is 2.82 bits per heavy atom. The lowest BCUT2D eigenvalue weighted by Crippen LogP contribution is -2.08. The molecule has 96 valence electrons. The Kier molecular flexibility index (Phi) is 6.40. The van der Waals surface area contributed by atoms with E-state index < -0.39 is 0 Å². The van der Waals surface area contributed by atoms with Gasteiger partial charge in [0, 0.05) is 19.8 Å². The van der Waals surface area contributed by atoms with Crippen LogP contribution < -0.4 is 11.1 Å². The Morgan fingerprint density at radius 2 is 2.06 bits per heavy atom. The number of rotatable bonds is 8. The minimum Gasteiger partial charge on any atom is -0.395 e. The fourth-order valence-electron chi connectivity index (χ4n) is 1.44. The quantitative estimate of drug-likeness (QED) is 0.542. The van der Waals surface area contributed by atoms with Crippen molar-refractivity contribution in [3.8, 4) is 0 Å². The average Bonchev–Trinajstić information content (AvgIpc) is 2.33. The number of nitrogens with two attached hydrogens (primary N) is 1. The Bertz CT molecular complexity index is 331.